The summed E-state index contributed by atoms with van der Waals surface area (Å²) < 4.78 is 0. The topological polar surface area (TPSA) is 74.8 Å². The van der Waals surface area contributed by atoms with E-state index in [1.165, 1.54) is 19.2 Å². The summed E-state index contributed by atoms with van der Waals surface area (Å²) in [6.07, 6.45) is 5.58. The molecule has 0 saturated heterocycles. The highest BCUT2D eigenvalue weighted by atomic mass is 16.2. The molecule has 0 bridgehead atoms. The van der Waals surface area contributed by atoms with Crippen LogP contribution in [0, 0.1) is 6.92 Å². The predicted molar refractivity (Wildman–Crippen MR) is 103 cm³/mol. The minimum absolute atomic E-state index is 0.0305. The summed E-state index contributed by atoms with van der Waals surface area (Å²) in [7, 11) is 1.81. The van der Waals surface area contributed by atoms with Crippen LogP contribution in [0.5, 0.6) is 0 Å². The number of carbonyl (C=O) groups is 1. The van der Waals surface area contributed by atoms with Crippen molar-refractivity contribution in [1.29, 1.82) is 0 Å². The number of rotatable bonds is 5. The van der Waals surface area contributed by atoms with Gasteiger partial charge in [-0.3, -0.25) is 9.89 Å². The Morgan fingerprint density at radius 3 is 2.81 bits per heavy atom. The fourth-order valence-corrected chi connectivity index (χ4v) is 3.40. The summed E-state index contributed by atoms with van der Waals surface area (Å²) >= 11 is 0. The Morgan fingerprint density at radius 2 is 2.11 bits per heavy atom. The Hall–Kier alpha value is -3.02. The zero-order valence-electron chi connectivity index (χ0n) is 15.8. The molecule has 1 atom stereocenters. The average molecular weight is 361 g/mol. The first kappa shape index (κ1) is 17.4. The minimum atomic E-state index is -0.137. The SMILES string of the molecule is Cc1[nH]nc(C2CC2)c1-c1cccc(C(=O)N(C)[C@H](C)c2ccncn2)c1. The van der Waals surface area contributed by atoms with Gasteiger partial charge in [0.25, 0.3) is 5.91 Å². The molecule has 3 aromatic rings. The van der Waals surface area contributed by atoms with Gasteiger partial charge in [-0.2, -0.15) is 5.10 Å². The van der Waals surface area contributed by atoms with Gasteiger partial charge in [0.15, 0.2) is 0 Å². The Morgan fingerprint density at radius 1 is 1.30 bits per heavy atom. The third kappa shape index (κ3) is 3.35. The van der Waals surface area contributed by atoms with E-state index in [0.717, 1.165) is 28.2 Å². The first-order chi connectivity index (χ1) is 13.1. The van der Waals surface area contributed by atoms with E-state index in [1.54, 1.807) is 18.1 Å². The summed E-state index contributed by atoms with van der Waals surface area (Å²) in [4.78, 5) is 23.0. The highest BCUT2D eigenvalue weighted by Gasteiger charge is 2.30. The number of benzene rings is 1. The van der Waals surface area contributed by atoms with E-state index in [0.29, 0.717) is 11.5 Å². The summed E-state index contributed by atoms with van der Waals surface area (Å²) in [5, 5.41) is 7.61. The molecule has 4 rings (SSSR count). The molecule has 1 N–H and O–H groups in total. The van der Waals surface area contributed by atoms with Crippen LogP contribution in [0.25, 0.3) is 11.1 Å². The molecule has 2 aromatic heterocycles. The molecule has 1 aliphatic carbocycles. The van der Waals surface area contributed by atoms with Crippen molar-refractivity contribution in [2.45, 2.75) is 38.6 Å². The molecule has 1 aliphatic rings. The molecule has 2 heterocycles. The molecule has 138 valence electrons. The number of nitrogens with one attached hydrogen (secondary N) is 1. The lowest BCUT2D eigenvalue weighted by Crippen LogP contribution is -2.30. The molecule has 1 amide bonds. The number of H-pyrrole nitrogens is 1. The van der Waals surface area contributed by atoms with Gasteiger partial charge < -0.3 is 4.90 Å². The number of amides is 1. The van der Waals surface area contributed by atoms with Gasteiger partial charge in [0, 0.05) is 36.0 Å². The standard InChI is InChI=1S/C21H23N5O/c1-13-19(20(25-24-13)15-7-8-15)16-5-4-6-17(11-16)21(27)26(3)14(2)18-9-10-22-12-23-18/h4-6,9-12,14-15H,7-8H2,1-3H3,(H,24,25)/t14-/m1/s1. The van der Waals surface area contributed by atoms with E-state index in [4.69, 9.17) is 0 Å². The summed E-state index contributed by atoms with van der Waals surface area (Å²) in [5.74, 6) is 0.516. The van der Waals surface area contributed by atoms with Crippen LogP contribution in [-0.2, 0) is 0 Å². The largest absolute Gasteiger partial charge is 0.333 e. The van der Waals surface area contributed by atoms with E-state index in [1.807, 2.05) is 44.2 Å². The number of aromatic amines is 1. The number of nitrogens with zero attached hydrogens (tertiary/aromatic N) is 4. The first-order valence-electron chi connectivity index (χ1n) is 9.24. The van der Waals surface area contributed by atoms with Gasteiger partial charge in [-0.1, -0.05) is 12.1 Å². The van der Waals surface area contributed by atoms with Gasteiger partial charge in [-0.15, -0.1) is 0 Å². The lowest BCUT2D eigenvalue weighted by atomic mass is 9.99. The predicted octanol–water partition coefficient (Wildman–Crippen LogP) is 3.89. The average Bonchev–Trinajstić information content (AvgIpc) is 3.48. The van der Waals surface area contributed by atoms with Crippen LogP contribution in [0.4, 0.5) is 0 Å². The highest BCUT2D eigenvalue weighted by Crippen LogP contribution is 2.44. The zero-order valence-corrected chi connectivity index (χ0v) is 15.8. The minimum Gasteiger partial charge on any atom is -0.333 e. The van der Waals surface area contributed by atoms with Gasteiger partial charge in [-0.25, -0.2) is 9.97 Å². The van der Waals surface area contributed by atoms with Crippen molar-refractivity contribution in [2.24, 2.45) is 0 Å². The van der Waals surface area contributed by atoms with Crippen molar-refractivity contribution in [1.82, 2.24) is 25.1 Å². The number of aromatic nitrogens is 4. The summed E-state index contributed by atoms with van der Waals surface area (Å²) in [6.45, 7) is 4.00. The second-order valence-electron chi connectivity index (χ2n) is 7.19. The molecular formula is C21H23N5O. The van der Waals surface area contributed by atoms with E-state index in [2.05, 4.69) is 20.2 Å². The molecular weight excluding hydrogens is 338 g/mol. The third-order valence-corrected chi connectivity index (χ3v) is 5.27. The molecule has 6 nitrogen and oxygen atoms in total. The van der Waals surface area contributed by atoms with E-state index >= 15 is 0 Å². The molecule has 0 spiro atoms. The first-order valence-corrected chi connectivity index (χ1v) is 9.24. The quantitative estimate of drug-likeness (QED) is 0.748. The molecule has 0 unspecified atom stereocenters. The molecule has 27 heavy (non-hydrogen) atoms. The van der Waals surface area contributed by atoms with Crippen LogP contribution in [-0.4, -0.2) is 38.0 Å². The van der Waals surface area contributed by atoms with Crippen molar-refractivity contribution in [3.63, 3.8) is 0 Å². The van der Waals surface area contributed by atoms with Crippen LogP contribution < -0.4 is 0 Å². The molecule has 0 radical (unpaired) electrons. The second kappa shape index (κ2) is 6.95. The maximum Gasteiger partial charge on any atom is 0.254 e. The van der Waals surface area contributed by atoms with Gasteiger partial charge in [0.1, 0.15) is 6.33 Å². The normalized spacial score (nSPS) is 14.8. The zero-order chi connectivity index (χ0) is 19.0. The molecule has 6 heteroatoms. The van der Waals surface area contributed by atoms with Crippen LogP contribution in [0.3, 0.4) is 0 Å². The van der Waals surface area contributed by atoms with Crippen molar-refractivity contribution in [2.75, 3.05) is 7.05 Å². The molecule has 1 fully saturated rings. The van der Waals surface area contributed by atoms with Crippen molar-refractivity contribution in [3.05, 3.63) is 65.5 Å². The van der Waals surface area contributed by atoms with Crippen LogP contribution >= 0.6 is 0 Å². The maximum atomic E-state index is 13.1. The molecule has 1 saturated carbocycles. The summed E-state index contributed by atoms with van der Waals surface area (Å²) in [6, 6.07) is 9.52. The Kier molecular flexibility index (Phi) is 4.48. The third-order valence-electron chi connectivity index (χ3n) is 5.27. The number of hydrogen-bond acceptors (Lipinski definition) is 4. The second-order valence-corrected chi connectivity index (χ2v) is 7.19. The summed E-state index contributed by atoms with van der Waals surface area (Å²) in [5.41, 5.74) is 5.83. The van der Waals surface area contributed by atoms with Gasteiger partial charge in [0.2, 0.25) is 0 Å². The van der Waals surface area contributed by atoms with Crippen LogP contribution in [0.15, 0.2) is 42.9 Å². The van der Waals surface area contributed by atoms with E-state index < -0.39 is 0 Å². The Balaban J connectivity index is 1.63. The van der Waals surface area contributed by atoms with E-state index in [-0.39, 0.29) is 11.9 Å². The number of aryl methyl sites for hydroxylation is 1. The number of carbonyl (C=O) groups excluding carboxylic acids is 1. The van der Waals surface area contributed by atoms with E-state index in [9.17, 15) is 4.79 Å². The van der Waals surface area contributed by atoms with Crippen LogP contribution in [0.2, 0.25) is 0 Å². The maximum absolute atomic E-state index is 13.1. The molecule has 1 aromatic carbocycles. The van der Waals surface area contributed by atoms with Gasteiger partial charge in [0.05, 0.1) is 17.4 Å². The molecule has 0 aliphatic heterocycles. The lowest BCUT2D eigenvalue weighted by Gasteiger charge is -2.24. The lowest BCUT2D eigenvalue weighted by molar-refractivity contribution is 0.0739. The van der Waals surface area contributed by atoms with Crippen molar-refractivity contribution < 1.29 is 4.79 Å². The van der Waals surface area contributed by atoms with Gasteiger partial charge in [-0.05, 0) is 50.5 Å². The Bertz CT molecular complexity index is 962. The Labute approximate surface area is 158 Å². The smallest absolute Gasteiger partial charge is 0.254 e. The number of hydrogen-bond donors (Lipinski definition) is 1. The highest BCUT2D eigenvalue weighted by molar-refractivity contribution is 5.95. The fraction of sp³-hybridized carbons (Fsp3) is 0.333. The van der Waals surface area contributed by atoms with Crippen LogP contribution in [0.1, 0.15) is 59.2 Å². The monoisotopic (exact) mass is 361 g/mol. The van der Waals surface area contributed by atoms with Crippen molar-refractivity contribution in [3.8, 4) is 11.1 Å². The van der Waals surface area contributed by atoms with Crippen molar-refractivity contribution >= 4 is 5.91 Å². The fourth-order valence-electron chi connectivity index (χ4n) is 3.40. The van der Waals surface area contributed by atoms with Gasteiger partial charge >= 0.3 is 0 Å².